The van der Waals surface area contributed by atoms with E-state index in [1.165, 1.54) is 19.2 Å². The van der Waals surface area contributed by atoms with Gasteiger partial charge in [0.15, 0.2) is 23.2 Å². The van der Waals surface area contributed by atoms with E-state index in [1.54, 1.807) is 30.3 Å². The van der Waals surface area contributed by atoms with Crippen LogP contribution < -0.4 is 21.1 Å². The Labute approximate surface area is 183 Å². The van der Waals surface area contributed by atoms with Gasteiger partial charge < -0.3 is 30.9 Å². The number of anilines is 4. The van der Waals surface area contributed by atoms with Gasteiger partial charge in [0.25, 0.3) is 0 Å². The van der Waals surface area contributed by atoms with Crippen LogP contribution in [0.1, 0.15) is 11.7 Å². The van der Waals surface area contributed by atoms with Gasteiger partial charge in [-0.3, -0.25) is 0 Å². The zero-order chi connectivity index (χ0) is 23.1. The lowest BCUT2D eigenvalue weighted by Crippen LogP contribution is -2.08. The van der Waals surface area contributed by atoms with Crippen LogP contribution in [0.25, 0.3) is 0 Å². The summed E-state index contributed by atoms with van der Waals surface area (Å²) in [7, 11) is 1.52. The number of aliphatic hydroxyl groups excluding tert-OH is 1. The first-order valence-electron chi connectivity index (χ1n) is 9.57. The normalized spacial score (nSPS) is 11.6. The van der Waals surface area contributed by atoms with Crippen molar-refractivity contribution < 1.29 is 23.4 Å². The van der Waals surface area contributed by atoms with Gasteiger partial charge in [0.05, 0.1) is 12.8 Å². The van der Waals surface area contributed by atoms with Crippen LogP contribution >= 0.6 is 0 Å². The van der Waals surface area contributed by atoms with Gasteiger partial charge in [-0.25, -0.2) is 13.8 Å². The van der Waals surface area contributed by atoms with Crippen LogP contribution in [0.15, 0.2) is 60.9 Å². The Morgan fingerprint density at radius 1 is 1.12 bits per heavy atom. The molecular formula is C22H23F2N5O3. The molecule has 0 aliphatic heterocycles. The van der Waals surface area contributed by atoms with Gasteiger partial charge in [0.1, 0.15) is 12.7 Å². The molecule has 0 saturated carbocycles. The summed E-state index contributed by atoms with van der Waals surface area (Å²) in [6.45, 7) is 4.07. The lowest BCUT2D eigenvalue weighted by molar-refractivity contribution is 0.144. The van der Waals surface area contributed by atoms with Gasteiger partial charge in [-0.05, 0) is 29.8 Å². The number of ether oxygens (including phenoxy) is 2. The predicted octanol–water partition coefficient (Wildman–Crippen LogP) is 3.77. The van der Waals surface area contributed by atoms with Crippen LogP contribution in [0.5, 0.6) is 5.75 Å². The van der Waals surface area contributed by atoms with Crippen LogP contribution in [0.2, 0.25) is 0 Å². The summed E-state index contributed by atoms with van der Waals surface area (Å²) >= 11 is 0. The summed E-state index contributed by atoms with van der Waals surface area (Å²) in [5.74, 6) is -1.26. The number of benzene rings is 2. The number of hydrogen-bond donors (Lipinski definition) is 4. The van der Waals surface area contributed by atoms with Crippen LogP contribution in [-0.2, 0) is 4.74 Å². The third-order valence-electron chi connectivity index (χ3n) is 4.29. The largest absolute Gasteiger partial charge is 0.488 e. The molecule has 1 atom stereocenters. The molecule has 0 fully saturated rings. The number of nitrogens with two attached hydrogens (primary N) is 1. The summed E-state index contributed by atoms with van der Waals surface area (Å²) in [5, 5.41) is 15.7. The van der Waals surface area contributed by atoms with Crippen molar-refractivity contribution >= 4 is 23.1 Å². The van der Waals surface area contributed by atoms with E-state index in [0.717, 1.165) is 6.20 Å². The minimum Gasteiger partial charge on any atom is -0.488 e. The minimum absolute atomic E-state index is 0.0490. The topological polar surface area (TPSA) is 115 Å². The maximum atomic E-state index is 14.3. The predicted molar refractivity (Wildman–Crippen MR) is 117 cm³/mol. The Kier molecular flexibility index (Phi) is 7.53. The SMILES string of the molecule is C=C(N)C(O)c1cccc(Nc2nc(Nc3ccc(OCCOC)c(F)c3)ncc2F)c1. The fraction of sp³-hybridized carbons (Fsp3) is 0.182. The quantitative estimate of drug-likeness (QED) is 0.350. The van der Waals surface area contributed by atoms with Crippen molar-refractivity contribution in [3.63, 3.8) is 0 Å². The molecule has 3 aromatic rings. The third-order valence-corrected chi connectivity index (χ3v) is 4.29. The lowest BCUT2D eigenvalue weighted by Gasteiger charge is -2.13. The first-order valence-corrected chi connectivity index (χ1v) is 9.57. The highest BCUT2D eigenvalue weighted by molar-refractivity contribution is 5.61. The average molecular weight is 443 g/mol. The highest BCUT2D eigenvalue weighted by Gasteiger charge is 2.12. The molecule has 0 radical (unpaired) electrons. The number of hydrogen-bond acceptors (Lipinski definition) is 8. The van der Waals surface area contributed by atoms with Gasteiger partial charge in [0, 0.05) is 30.2 Å². The number of nitrogens with zero attached hydrogens (tertiary/aromatic N) is 2. The van der Waals surface area contributed by atoms with Crippen molar-refractivity contribution in [2.24, 2.45) is 5.73 Å². The lowest BCUT2D eigenvalue weighted by atomic mass is 10.1. The van der Waals surface area contributed by atoms with E-state index < -0.39 is 17.7 Å². The van der Waals surface area contributed by atoms with Crippen molar-refractivity contribution in [1.82, 2.24) is 9.97 Å². The molecule has 10 heteroatoms. The molecule has 1 unspecified atom stereocenters. The number of nitrogens with one attached hydrogen (secondary N) is 2. The number of aromatic nitrogens is 2. The number of halogens is 2. The van der Waals surface area contributed by atoms with Crippen LogP contribution in [0.3, 0.4) is 0 Å². The molecule has 0 saturated heterocycles. The van der Waals surface area contributed by atoms with E-state index in [2.05, 4.69) is 27.2 Å². The smallest absolute Gasteiger partial charge is 0.229 e. The van der Waals surface area contributed by atoms with Gasteiger partial charge >= 0.3 is 0 Å². The second-order valence-electron chi connectivity index (χ2n) is 6.73. The molecule has 5 N–H and O–H groups in total. The van der Waals surface area contributed by atoms with Crippen molar-refractivity contribution in [2.75, 3.05) is 31.0 Å². The molecule has 2 aromatic carbocycles. The molecule has 0 spiro atoms. The van der Waals surface area contributed by atoms with Crippen molar-refractivity contribution in [3.8, 4) is 5.75 Å². The second kappa shape index (κ2) is 10.5. The molecule has 0 aliphatic rings. The molecule has 1 heterocycles. The summed E-state index contributed by atoms with van der Waals surface area (Å²) in [4.78, 5) is 7.98. The molecule has 3 rings (SSSR count). The van der Waals surface area contributed by atoms with E-state index in [1.807, 2.05) is 0 Å². The molecule has 1 aromatic heterocycles. The average Bonchev–Trinajstić information content (AvgIpc) is 2.77. The van der Waals surface area contributed by atoms with Crippen LogP contribution in [-0.4, -0.2) is 35.4 Å². The Balaban J connectivity index is 1.74. The number of methoxy groups -OCH3 is 1. The molecule has 0 bridgehead atoms. The van der Waals surface area contributed by atoms with E-state index in [4.69, 9.17) is 15.2 Å². The van der Waals surface area contributed by atoms with E-state index >= 15 is 0 Å². The van der Waals surface area contributed by atoms with Crippen molar-refractivity contribution in [1.29, 1.82) is 0 Å². The zero-order valence-electron chi connectivity index (χ0n) is 17.3. The van der Waals surface area contributed by atoms with Gasteiger partial charge in [-0.1, -0.05) is 18.7 Å². The van der Waals surface area contributed by atoms with E-state index in [-0.39, 0.29) is 29.8 Å². The summed E-state index contributed by atoms with van der Waals surface area (Å²) in [6.07, 6.45) is -0.0722. The van der Waals surface area contributed by atoms with Crippen molar-refractivity contribution in [2.45, 2.75) is 6.10 Å². The molecule has 0 amide bonds. The minimum atomic E-state index is -1.06. The van der Waals surface area contributed by atoms with Gasteiger partial charge in [-0.15, -0.1) is 0 Å². The highest BCUT2D eigenvalue weighted by atomic mass is 19.1. The fourth-order valence-electron chi connectivity index (χ4n) is 2.71. The zero-order valence-corrected chi connectivity index (χ0v) is 17.3. The summed E-state index contributed by atoms with van der Waals surface area (Å²) in [5.41, 5.74) is 6.94. The molecular weight excluding hydrogens is 420 g/mol. The Morgan fingerprint density at radius 2 is 1.91 bits per heavy atom. The first-order chi connectivity index (χ1) is 15.4. The standard InChI is InChI=1S/C22H23F2N5O3/c1-13(25)20(30)14-4-3-5-15(10-14)27-21-18(24)12-26-22(29-21)28-16-6-7-19(17(23)11-16)32-9-8-31-2/h3-7,10-12,20,30H,1,8-9,25H2,2H3,(H2,26,27,28,29). The molecule has 168 valence electrons. The Bertz CT molecular complexity index is 1100. The van der Waals surface area contributed by atoms with Crippen molar-refractivity contribution in [3.05, 3.63) is 78.1 Å². The summed E-state index contributed by atoms with van der Waals surface area (Å²) in [6, 6.07) is 10.8. The molecule has 32 heavy (non-hydrogen) atoms. The van der Waals surface area contributed by atoms with E-state index in [0.29, 0.717) is 23.5 Å². The number of rotatable bonds is 10. The highest BCUT2D eigenvalue weighted by Crippen LogP contribution is 2.26. The van der Waals surface area contributed by atoms with E-state index in [9.17, 15) is 13.9 Å². The first kappa shape index (κ1) is 22.9. The number of aliphatic hydroxyl groups is 1. The Hall–Kier alpha value is -3.76. The monoisotopic (exact) mass is 443 g/mol. The second-order valence-corrected chi connectivity index (χ2v) is 6.73. The van der Waals surface area contributed by atoms with Crippen LogP contribution in [0.4, 0.5) is 31.9 Å². The third kappa shape index (κ3) is 5.90. The maximum absolute atomic E-state index is 14.3. The maximum Gasteiger partial charge on any atom is 0.229 e. The van der Waals surface area contributed by atoms with Crippen LogP contribution in [0, 0.1) is 11.6 Å². The summed E-state index contributed by atoms with van der Waals surface area (Å²) < 4.78 is 38.6. The fourth-order valence-corrected chi connectivity index (χ4v) is 2.71. The van der Waals surface area contributed by atoms with Gasteiger partial charge in [0.2, 0.25) is 5.95 Å². The molecule has 0 aliphatic carbocycles. The Morgan fingerprint density at radius 3 is 2.62 bits per heavy atom. The molecule has 8 nitrogen and oxygen atoms in total. The van der Waals surface area contributed by atoms with Gasteiger partial charge in [-0.2, -0.15) is 4.98 Å².